The van der Waals surface area contributed by atoms with Crippen LogP contribution in [0, 0.1) is 0 Å². The highest BCUT2D eigenvalue weighted by Crippen LogP contribution is 2.36. The Hall–Kier alpha value is -0.490. The molecule has 1 aliphatic heterocycles. The maximum atomic E-state index is 11.0. The number of carboxylic acids is 1. The highest BCUT2D eigenvalue weighted by Gasteiger charge is 2.37. The summed E-state index contributed by atoms with van der Waals surface area (Å²) in [7, 11) is 0. The van der Waals surface area contributed by atoms with E-state index in [1.165, 1.54) is 0 Å². The predicted octanol–water partition coefficient (Wildman–Crippen LogP) is 2.34. The average Bonchev–Trinajstić information content (AvgIpc) is 2.66. The van der Waals surface area contributed by atoms with Crippen molar-refractivity contribution in [3.05, 3.63) is 16.9 Å². The molecule has 0 atom stereocenters. The second-order valence-corrected chi connectivity index (χ2v) is 6.15. The minimum Gasteiger partial charge on any atom is -0.481 e. The summed E-state index contributed by atoms with van der Waals surface area (Å²) in [4.78, 5) is 11.0. The summed E-state index contributed by atoms with van der Waals surface area (Å²) in [5.74, 6) is 1.26. The summed E-state index contributed by atoms with van der Waals surface area (Å²) < 4.78 is 2.72. The van der Waals surface area contributed by atoms with E-state index in [-0.39, 0.29) is 12.0 Å². The van der Waals surface area contributed by atoms with Gasteiger partial charge in [0, 0.05) is 6.20 Å². The molecule has 0 aromatic carbocycles. The van der Waals surface area contributed by atoms with Crippen LogP contribution in [-0.4, -0.2) is 32.4 Å². The normalized spacial score (nSPS) is 19.6. The molecule has 0 bridgehead atoms. The average molecular weight is 305 g/mol. The van der Waals surface area contributed by atoms with Gasteiger partial charge >= 0.3 is 5.97 Å². The molecular formula is C10H13BrN2O2S. The topological polar surface area (TPSA) is 55.1 Å². The van der Waals surface area contributed by atoms with Crippen molar-refractivity contribution in [3.63, 3.8) is 0 Å². The van der Waals surface area contributed by atoms with Crippen LogP contribution >= 0.6 is 27.7 Å². The van der Waals surface area contributed by atoms with Crippen molar-refractivity contribution in [3.8, 4) is 0 Å². The molecule has 0 unspecified atom stereocenters. The van der Waals surface area contributed by atoms with E-state index in [0.717, 1.165) is 28.8 Å². The lowest BCUT2D eigenvalue weighted by Gasteiger charge is -2.36. The summed E-state index contributed by atoms with van der Waals surface area (Å²) in [5, 5.41) is 13.3. The minimum atomic E-state index is -0.751. The van der Waals surface area contributed by atoms with Gasteiger partial charge in [0.15, 0.2) is 0 Å². The molecular weight excluding hydrogens is 292 g/mol. The highest BCUT2D eigenvalue weighted by molar-refractivity contribution is 9.10. The van der Waals surface area contributed by atoms with Gasteiger partial charge in [0.25, 0.3) is 0 Å². The Labute approximate surface area is 107 Å². The molecule has 1 aliphatic rings. The smallest absolute Gasteiger partial charge is 0.305 e. The van der Waals surface area contributed by atoms with E-state index >= 15 is 0 Å². The van der Waals surface area contributed by atoms with Crippen LogP contribution in [0.2, 0.25) is 0 Å². The lowest BCUT2D eigenvalue weighted by atomic mass is 9.89. The number of hydrogen-bond donors (Lipinski definition) is 1. The van der Waals surface area contributed by atoms with Gasteiger partial charge in [0.05, 0.1) is 22.6 Å². The Bertz CT molecular complexity index is 388. The van der Waals surface area contributed by atoms with E-state index in [1.807, 2.05) is 22.6 Å². The van der Waals surface area contributed by atoms with Gasteiger partial charge in [-0.15, -0.1) is 0 Å². The van der Waals surface area contributed by atoms with Gasteiger partial charge in [-0.25, -0.2) is 0 Å². The summed E-state index contributed by atoms with van der Waals surface area (Å²) in [6, 6.07) is 0. The zero-order valence-electron chi connectivity index (χ0n) is 8.73. The van der Waals surface area contributed by atoms with Crippen molar-refractivity contribution < 1.29 is 9.90 Å². The quantitative estimate of drug-likeness (QED) is 0.931. The molecule has 88 valence electrons. The van der Waals surface area contributed by atoms with Crippen molar-refractivity contribution in [2.75, 3.05) is 11.5 Å². The maximum absolute atomic E-state index is 11.0. The summed E-state index contributed by atoms with van der Waals surface area (Å²) >= 11 is 5.23. The zero-order valence-corrected chi connectivity index (χ0v) is 11.1. The number of halogens is 1. The largest absolute Gasteiger partial charge is 0.481 e. The Morgan fingerprint density at radius 3 is 2.81 bits per heavy atom. The van der Waals surface area contributed by atoms with Gasteiger partial charge in [0.2, 0.25) is 0 Å². The van der Waals surface area contributed by atoms with Crippen LogP contribution in [0.5, 0.6) is 0 Å². The number of thioether (sulfide) groups is 1. The number of hydrogen-bond acceptors (Lipinski definition) is 3. The SMILES string of the molecule is O=C(O)CC1(n2cc(Br)cn2)CCSCC1. The Kier molecular flexibility index (Phi) is 3.59. The molecule has 0 aliphatic carbocycles. The molecule has 1 saturated heterocycles. The summed E-state index contributed by atoms with van der Waals surface area (Å²) in [6.45, 7) is 0. The molecule has 6 heteroatoms. The summed E-state index contributed by atoms with van der Waals surface area (Å²) in [6.07, 6.45) is 5.49. The fraction of sp³-hybridized carbons (Fsp3) is 0.600. The Balaban J connectivity index is 2.29. The van der Waals surface area contributed by atoms with E-state index in [9.17, 15) is 4.79 Å². The minimum absolute atomic E-state index is 0.154. The first-order valence-electron chi connectivity index (χ1n) is 5.13. The fourth-order valence-electron chi connectivity index (χ4n) is 2.08. The second kappa shape index (κ2) is 4.79. The molecule has 2 heterocycles. The Morgan fingerprint density at radius 1 is 1.62 bits per heavy atom. The van der Waals surface area contributed by atoms with Crippen LogP contribution in [0.1, 0.15) is 19.3 Å². The monoisotopic (exact) mass is 304 g/mol. The molecule has 0 amide bonds. The van der Waals surface area contributed by atoms with E-state index in [1.54, 1.807) is 6.20 Å². The van der Waals surface area contributed by atoms with E-state index < -0.39 is 5.97 Å². The van der Waals surface area contributed by atoms with E-state index in [4.69, 9.17) is 5.11 Å². The van der Waals surface area contributed by atoms with Crippen molar-refractivity contribution in [1.82, 2.24) is 9.78 Å². The third-order valence-electron chi connectivity index (χ3n) is 2.94. The van der Waals surface area contributed by atoms with E-state index in [2.05, 4.69) is 21.0 Å². The molecule has 1 N–H and O–H groups in total. The molecule has 1 aromatic rings. The maximum Gasteiger partial charge on any atom is 0.305 e. The van der Waals surface area contributed by atoms with Crippen LogP contribution in [0.4, 0.5) is 0 Å². The number of carboxylic acid groups (broad SMARTS) is 1. The van der Waals surface area contributed by atoms with Crippen LogP contribution in [0.3, 0.4) is 0 Å². The van der Waals surface area contributed by atoms with Crippen molar-refractivity contribution in [2.45, 2.75) is 24.8 Å². The Morgan fingerprint density at radius 2 is 2.31 bits per heavy atom. The van der Waals surface area contributed by atoms with Crippen LogP contribution in [-0.2, 0) is 10.3 Å². The fourth-order valence-corrected chi connectivity index (χ4v) is 3.62. The molecule has 1 fully saturated rings. The predicted molar refractivity (Wildman–Crippen MR) is 66.7 cm³/mol. The first-order valence-corrected chi connectivity index (χ1v) is 7.07. The first-order chi connectivity index (χ1) is 7.62. The molecule has 16 heavy (non-hydrogen) atoms. The molecule has 0 radical (unpaired) electrons. The first kappa shape index (κ1) is 12.0. The van der Waals surface area contributed by atoms with Crippen molar-refractivity contribution in [1.29, 1.82) is 0 Å². The number of carbonyl (C=O) groups is 1. The molecule has 0 spiro atoms. The molecule has 2 rings (SSSR count). The van der Waals surface area contributed by atoms with Gasteiger partial charge in [-0.2, -0.15) is 16.9 Å². The lowest BCUT2D eigenvalue weighted by molar-refractivity contribution is -0.139. The van der Waals surface area contributed by atoms with Crippen molar-refractivity contribution >= 4 is 33.7 Å². The standard InChI is InChI=1S/C10H13BrN2O2S/c11-8-6-12-13(7-8)10(5-9(14)15)1-3-16-4-2-10/h6-7H,1-5H2,(H,14,15). The molecule has 4 nitrogen and oxygen atoms in total. The van der Waals surface area contributed by atoms with Crippen molar-refractivity contribution in [2.24, 2.45) is 0 Å². The van der Waals surface area contributed by atoms with Crippen LogP contribution in [0.25, 0.3) is 0 Å². The van der Waals surface area contributed by atoms with Crippen LogP contribution in [0.15, 0.2) is 16.9 Å². The van der Waals surface area contributed by atoms with Gasteiger partial charge in [-0.05, 0) is 40.3 Å². The second-order valence-electron chi connectivity index (χ2n) is 4.01. The number of rotatable bonds is 3. The summed E-state index contributed by atoms with van der Waals surface area (Å²) in [5.41, 5.74) is -0.330. The third kappa shape index (κ3) is 2.43. The van der Waals surface area contributed by atoms with Gasteiger partial charge < -0.3 is 5.11 Å². The lowest BCUT2D eigenvalue weighted by Crippen LogP contribution is -2.40. The number of aromatic nitrogens is 2. The third-order valence-corrected chi connectivity index (χ3v) is 4.34. The zero-order chi connectivity index (χ0) is 11.6. The molecule has 1 aromatic heterocycles. The molecule has 0 saturated carbocycles. The van der Waals surface area contributed by atoms with Crippen LogP contribution < -0.4 is 0 Å². The van der Waals surface area contributed by atoms with Gasteiger partial charge in [-0.3, -0.25) is 9.48 Å². The number of nitrogens with zero attached hydrogens (tertiary/aromatic N) is 2. The van der Waals surface area contributed by atoms with E-state index in [0.29, 0.717) is 0 Å². The van der Waals surface area contributed by atoms with Gasteiger partial charge in [-0.1, -0.05) is 0 Å². The van der Waals surface area contributed by atoms with Gasteiger partial charge in [0.1, 0.15) is 0 Å². The number of aliphatic carboxylic acids is 1. The highest BCUT2D eigenvalue weighted by atomic mass is 79.9.